The van der Waals surface area contributed by atoms with Crippen LogP contribution in [0.1, 0.15) is 39.5 Å². The van der Waals surface area contributed by atoms with Gasteiger partial charge in [0.05, 0.1) is 11.1 Å². The molecule has 0 fully saturated rings. The maximum atomic E-state index is 14.4. The number of hydrogen-bond donors (Lipinski definition) is 3. The number of carbonyl (C=O) groups is 1. The summed E-state index contributed by atoms with van der Waals surface area (Å²) in [7, 11) is 0. The van der Waals surface area contributed by atoms with E-state index in [1.54, 1.807) is 17.1 Å². The van der Waals surface area contributed by atoms with Gasteiger partial charge in [-0.3, -0.25) is 9.36 Å². The van der Waals surface area contributed by atoms with E-state index >= 15 is 0 Å². The molecule has 0 aliphatic heterocycles. The molecule has 11 heteroatoms. The SMILES string of the molecule is Nc1ncccc1-c1nc2ccc(-n3cccn3)nc2n1-c1ccc2c(c1)CC[C@@H]2NCc1cc(C=O)c(O)cc1F. The number of hydrogen-bond acceptors (Lipinski definition) is 8. The number of phenols is 1. The van der Waals surface area contributed by atoms with Gasteiger partial charge in [0.2, 0.25) is 0 Å². The minimum atomic E-state index is -0.560. The van der Waals surface area contributed by atoms with Gasteiger partial charge in [-0.15, -0.1) is 0 Å². The second-order valence-electron chi connectivity index (χ2n) is 10.1. The van der Waals surface area contributed by atoms with E-state index in [0.717, 1.165) is 35.7 Å². The summed E-state index contributed by atoms with van der Waals surface area (Å²) < 4.78 is 18.1. The Hall–Kier alpha value is -5.42. The van der Waals surface area contributed by atoms with Crippen LogP contribution in [0.4, 0.5) is 10.2 Å². The molecule has 0 spiro atoms. The third kappa shape index (κ3) is 4.36. The first kappa shape index (κ1) is 25.5. The molecule has 0 unspecified atom stereocenters. The van der Waals surface area contributed by atoms with Gasteiger partial charge in [0.15, 0.2) is 23.6 Å². The number of nitrogens with two attached hydrogens (primary N) is 1. The Morgan fingerprint density at radius 2 is 2.00 bits per heavy atom. The Labute approximate surface area is 239 Å². The minimum Gasteiger partial charge on any atom is -0.507 e. The fraction of sp³-hybridized carbons (Fsp3) is 0.129. The van der Waals surface area contributed by atoms with Crippen molar-refractivity contribution in [2.24, 2.45) is 0 Å². The van der Waals surface area contributed by atoms with Crippen molar-refractivity contribution in [1.82, 2.24) is 34.6 Å². The zero-order chi connectivity index (χ0) is 28.8. The van der Waals surface area contributed by atoms with Gasteiger partial charge in [-0.2, -0.15) is 5.10 Å². The number of imidazole rings is 1. The molecule has 6 aromatic rings. The zero-order valence-corrected chi connectivity index (χ0v) is 22.3. The van der Waals surface area contributed by atoms with E-state index in [2.05, 4.69) is 27.5 Å². The number of benzene rings is 2. The number of aromatic nitrogens is 6. The van der Waals surface area contributed by atoms with Crippen LogP contribution >= 0.6 is 0 Å². The summed E-state index contributed by atoms with van der Waals surface area (Å²) in [5, 5.41) is 17.5. The molecule has 42 heavy (non-hydrogen) atoms. The summed E-state index contributed by atoms with van der Waals surface area (Å²) in [5.41, 5.74) is 11.9. The molecule has 1 atom stereocenters. The van der Waals surface area contributed by atoms with Gasteiger partial charge in [-0.25, -0.2) is 24.0 Å². The minimum absolute atomic E-state index is 0.000512. The Morgan fingerprint density at radius 3 is 2.81 bits per heavy atom. The number of nitrogen functional groups attached to an aromatic ring is 1. The maximum absolute atomic E-state index is 14.4. The summed E-state index contributed by atoms with van der Waals surface area (Å²) in [6.07, 6.45) is 7.35. The number of rotatable bonds is 7. The van der Waals surface area contributed by atoms with Gasteiger partial charge in [0, 0.05) is 48.5 Å². The van der Waals surface area contributed by atoms with Crippen molar-refractivity contribution in [1.29, 1.82) is 0 Å². The number of aryl methyl sites for hydroxylation is 1. The number of carbonyl (C=O) groups excluding carboxylic acids is 1. The first-order valence-corrected chi connectivity index (χ1v) is 13.4. The van der Waals surface area contributed by atoms with Crippen LogP contribution in [-0.2, 0) is 13.0 Å². The van der Waals surface area contributed by atoms with E-state index in [-0.39, 0.29) is 23.9 Å². The molecule has 0 radical (unpaired) electrons. The highest BCUT2D eigenvalue weighted by molar-refractivity contribution is 5.83. The first-order valence-electron chi connectivity index (χ1n) is 13.4. The molecule has 4 aromatic heterocycles. The molecule has 208 valence electrons. The molecular formula is C31H25FN8O2. The summed E-state index contributed by atoms with van der Waals surface area (Å²) in [6, 6.07) is 17.9. The number of nitrogens with zero attached hydrogens (tertiary/aromatic N) is 6. The van der Waals surface area contributed by atoms with E-state index in [9.17, 15) is 14.3 Å². The lowest BCUT2D eigenvalue weighted by molar-refractivity contribution is 0.112. The molecule has 7 rings (SSSR count). The largest absolute Gasteiger partial charge is 0.507 e. The van der Waals surface area contributed by atoms with Crippen LogP contribution in [0.15, 0.2) is 79.3 Å². The second kappa shape index (κ2) is 10.2. The molecule has 1 aliphatic carbocycles. The molecule has 0 amide bonds. The molecule has 10 nitrogen and oxygen atoms in total. The molecule has 2 aromatic carbocycles. The van der Waals surface area contributed by atoms with E-state index < -0.39 is 5.82 Å². The van der Waals surface area contributed by atoms with E-state index in [0.29, 0.717) is 46.0 Å². The number of pyridine rings is 2. The van der Waals surface area contributed by atoms with E-state index in [1.165, 1.54) is 6.07 Å². The van der Waals surface area contributed by atoms with Crippen molar-refractivity contribution in [3.05, 3.63) is 107 Å². The monoisotopic (exact) mass is 560 g/mol. The summed E-state index contributed by atoms with van der Waals surface area (Å²) in [5.74, 6) is 0.725. The van der Waals surface area contributed by atoms with Gasteiger partial charge in [-0.05, 0) is 72.5 Å². The Morgan fingerprint density at radius 1 is 1.10 bits per heavy atom. The van der Waals surface area contributed by atoms with Gasteiger partial charge in [0.25, 0.3) is 0 Å². The average Bonchev–Trinajstić information content (AvgIpc) is 3.75. The smallest absolute Gasteiger partial charge is 0.167 e. The highest BCUT2D eigenvalue weighted by Crippen LogP contribution is 2.36. The summed E-state index contributed by atoms with van der Waals surface area (Å²) in [6.45, 7) is 0.218. The topological polar surface area (TPSA) is 137 Å². The maximum Gasteiger partial charge on any atom is 0.167 e. The zero-order valence-electron chi connectivity index (χ0n) is 22.3. The predicted molar refractivity (Wildman–Crippen MR) is 155 cm³/mol. The highest BCUT2D eigenvalue weighted by atomic mass is 19.1. The number of anilines is 1. The molecule has 0 saturated heterocycles. The van der Waals surface area contributed by atoms with Crippen LogP contribution in [0.25, 0.3) is 34.1 Å². The summed E-state index contributed by atoms with van der Waals surface area (Å²) in [4.78, 5) is 25.3. The third-order valence-electron chi connectivity index (χ3n) is 7.63. The molecule has 0 saturated carbocycles. The Bertz CT molecular complexity index is 1970. The first-order chi connectivity index (χ1) is 20.5. The van der Waals surface area contributed by atoms with E-state index in [1.807, 2.05) is 47.2 Å². The lowest BCUT2D eigenvalue weighted by atomic mass is 10.1. The number of phenolic OH excluding ortho intramolecular Hbond substituents is 1. The predicted octanol–water partition coefficient (Wildman–Crippen LogP) is 4.68. The van der Waals surface area contributed by atoms with Crippen LogP contribution in [-0.4, -0.2) is 40.7 Å². The number of fused-ring (bicyclic) bond motifs is 2. The fourth-order valence-electron chi connectivity index (χ4n) is 5.56. The van der Waals surface area contributed by atoms with Crippen LogP contribution in [0.2, 0.25) is 0 Å². The molecular weight excluding hydrogens is 535 g/mol. The normalized spacial score (nSPS) is 14.4. The van der Waals surface area contributed by atoms with E-state index in [4.69, 9.17) is 15.7 Å². The van der Waals surface area contributed by atoms with Crippen molar-refractivity contribution in [3.8, 4) is 28.6 Å². The van der Waals surface area contributed by atoms with Crippen molar-refractivity contribution < 1.29 is 14.3 Å². The fourth-order valence-corrected chi connectivity index (χ4v) is 5.56. The number of nitrogens with one attached hydrogen (secondary N) is 1. The lowest BCUT2D eigenvalue weighted by Crippen LogP contribution is -2.19. The van der Waals surface area contributed by atoms with Crippen LogP contribution in [0.5, 0.6) is 5.75 Å². The van der Waals surface area contributed by atoms with Crippen LogP contribution in [0, 0.1) is 5.82 Å². The van der Waals surface area contributed by atoms with Crippen molar-refractivity contribution in [2.75, 3.05) is 5.73 Å². The van der Waals surface area contributed by atoms with Crippen molar-refractivity contribution in [2.45, 2.75) is 25.4 Å². The second-order valence-corrected chi connectivity index (χ2v) is 10.1. The van der Waals surface area contributed by atoms with Gasteiger partial charge in [-0.1, -0.05) is 6.07 Å². The van der Waals surface area contributed by atoms with Crippen LogP contribution < -0.4 is 11.1 Å². The van der Waals surface area contributed by atoms with Gasteiger partial charge in [0.1, 0.15) is 22.9 Å². The van der Waals surface area contributed by atoms with Crippen LogP contribution in [0.3, 0.4) is 0 Å². The summed E-state index contributed by atoms with van der Waals surface area (Å²) >= 11 is 0. The van der Waals surface area contributed by atoms with Crippen molar-refractivity contribution >= 4 is 23.3 Å². The Kier molecular flexibility index (Phi) is 6.20. The average molecular weight is 561 g/mol. The number of aldehydes is 1. The third-order valence-corrected chi connectivity index (χ3v) is 7.63. The molecule has 1 aliphatic rings. The number of halogens is 1. The van der Waals surface area contributed by atoms with Gasteiger partial charge < -0.3 is 16.2 Å². The quantitative estimate of drug-likeness (QED) is 0.239. The molecule has 4 heterocycles. The molecule has 4 N–H and O–H groups in total. The standard InChI is InChI=1S/C31H25FN8O2/c32-24-15-27(42)20(17-41)13-19(24)16-35-25-7-4-18-14-21(5-6-22(18)25)40-30(23-3-1-10-34-29(23)33)37-26-8-9-28(38-31(26)40)39-12-2-11-36-39/h1-3,5-6,8-15,17,25,35,42H,4,7,16H2,(H2,33,34)/t25-/m0/s1. The molecule has 0 bridgehead atoms. The van der Waals surface area contributed by atoms with Crippen molar-refractivity contribution in [3.63, 3.8) is 0 Å². The lowest BCUT2D eigenvalue weighted by Gasteiger charge is -2.16. The number of aromatic hydroxyl groups is 1. The highest BCUT2D eigenvalue weighted by Gasteiger charge is 2.25. The Balaban J connectivity index is 1.27. The van der Waals surface area contributed by atoms with Gasteiger partial charge >= 0.3 is 0 Å².